The highest BCUT2D eigenvalue weighted by Gasteiger charge is 2.33. The van der Waals surface area contributed by atoms with Gasteiger partial charge < -0.3 is 14.2 Å². The fraction of sp³-hybridized carbons (Fsp3) is 0.423. The minimum atomic E-state index is -0.0679. The highest BCUT2D eigenvalue weighted by molar-refractivity contribution is 5.94. The van der Waals surface area contributed by atoms with E-state index in [2.05, 4.69) is 12.0 Å². The molecule has 7 heteroatoms. The standard InChI is InChI=1S/C26H30N4O3/c1-19-7-5-13-29(18-19)25(31)20-11-14-28(15-12-20)26(32)23-17-22(24-10-6-16-33-24)27-30(23)21-8-3-2-4-9-21/h2-4,6,8-10,16-17,19-20H,5,7,11-15,18H2,1H3/t19-/m1/s1. The third-order valence-corrected chi connectivity index (χ3v) is 6.80. The molecule has 3 aromatic rings. The molecular weight excluding hydrogens is 416 g/mol. The molecule has 0 spiro atoms. The van der Waals surface area contributed by atoms with Gasteiger partial charge in [0.05, 0.1) is 12.0 Å². The summed E-state index contributed by atoms with van der Waals surface area (Å²) in [4.78, 5) is 30.4. The van der Waals surface area contributed by atoms with Gasteiger partial charge in [-0.15, -0.1) is 0 Å². The molecule has 1 atom stereocenters. The predicted molar refractivity (Wildman–Crippen MR) is 125 cm³/mol. The van der Waals surface area contributed by atoms with E-state index in [1.54, 1.807) is 17.0 Å². The molecule has 0 bridgehead atoms. The Morgan fingerprint density at radius 2 is 1.76 bits per heavy atom. The van der Waals surface area contributed by atoms with E-state index in [0.29, 0.717) is 49.0 Å². The molecular formula is C26H30N4O3. The van der Waals surface area contributed by atoms with E-state index in [9.17, 15) is 9.59 Å². The number of hydrogen-bond acceptors (Lipinski definition) is 4. The lowest BCUT2D eigenvalue weighted by atomic mass is 9.92. The summed E-state index contributed by atoms with van der Waals surface area (Å²) in [7, 11) is 0. The smallest absolute Gasteiger partial charge is 0.272 e. The zero-order valence-corrected chi connectivity index (χ0v) is 19.0. The second-order valence-corrected chi connectivity index (χ2v) is 9.24. The average Bonchev–Trinajstić information content (AvgIpc) is 3.54. The zero-order chi connectivity index (χ0) is 22.8. The maximum Gasteiger partial charge on any atom is 0.272 e. The molecule has 0 saturated carbocycles. The number of carbonyl (C=O) groups excluding carboxylic acids is 2. The quantitative estimate of drug-likeness (QED) is 0.601. The molecule has 33 heavy (non-hydrogen) atoms. The van der Waals surface area contributed by atoms with Crippen molar-refractivity contribution in [1.29, 1.82) is 0 Å². The predicted octanol–water partition coefficient (Wildman–Crippen LogP) is 4.24. The Labute approximate surface area is 194 Å². The summed E-state index contributed by atoms with van der Waals surface area (Å²) in [5.41, 5.74) is 1.95. The Kier molecular flexibility index (Phi) is 6.03. The van der Waals surface area contributed by atoms with Gasteiger partial charge in [-0.2, -0.15) is 5.10 Å². The van der Waals surface area contributed by atoms with Gasteiger partial charge in [-0.3, -0.25) is 9.59 Å². The molecule has 1 aromatic carbocycles. The third kappa shape index (κ3) is 4.45. The van der Waals surface area contributed by atoms with Crippen molar-refractivity contribution < 1.29 is 14.0 Å². The number of furan rings is 1. The van der Waals surface area contributed by atoms with Crippen LogP contribution in [0.4, 0.5) is 0 Å². The summed E-state index contributed by atoms with van der Waals surface area (Å²) in [6, 6.07) is 15.1. The molecule has 4 heterocycles. The van der Waals surface area contributed by atoms with Crippen LogP contribution in [-0.4, -0.2) is 57.6 Å². The molecule has 2 aliphatic heterocycles. The third-order valence-electron chi connectivity index (χ3n) is 6.80. The van der Waals surface area contributed by atoms with Crippen LogP contribution in [0.2, 0.25) is 0 Å². The number of para-hydroxylation sites is 1. The summed E-state index contributed by atoms with van der Waals surface area (Å²) in [5.74, 6) is 1.41. The van der Waals surface area contributed by atoms with Gasteiger partial charge in [0.25, 0.3) is 5.91 Å². The zero-order valence-electron chi connectivity index (χ0n) is 19.0. The van der Waals surface area contributed by atoms with Crippen LogP contribution in [0.1, 0.15) is 43.1 Å². The van der Waals surface area contributed by atoms with Gasteiger partial charge >= 0.3 is 0 Å². The molecule has 0 N–H and O–H groups in total. The number of piperidine rings is 2. The number of amides is 2. The summed E-state index contributed by atoms with van der Waals surface area (Å²) in [6.07, 6.45) is 5.31. The molecule has 2 saturated heterocycles. The van der Waals surface area contributed by atoms with Crippen LogP contribution < -0.4 is 0 Å². The second kappa shape index (κ2) is 9.25. The van der Waals surface area contributed by atoms with Crippen molar-refractivity contribution in [2.75, 3.05) is 26.2 Å². The lowest BCUT2D eigenvalue weighted by molar-refractivity contribution is -0.138. The summed E-state index contributed by atoms with van der Waals surface area (Å²) in [5, 5.41) is 4.66. The Morgan fingerprint density at radius 1 is 0.970 bits per heavy atom. The van der Waals surface area contributed by atoms with E-state index >= 15 is 0 Å². The molecule has 2 aliphatic rings. The van der Waals surface area contributed by atoms with Crippen molar-refractivity contribution in [3.8, 4) is 17.1 Å². The molecule has 0 unspecified atom stereocenters. The Bertz CT molecular complexity index is 1100. The first-order valence-corrected chi connectivity index (χ1v) is 11.9. The summed E-state index contributed by atoms with van der Waals surface area (Å²) < 4.78 is 7.20. The number of carbonyl (C=O) groups is 2. The van der Waals surface area contributed by atoms with Gasteiger partial charge in [-0.05, 0) is 55.9 Å². The van der Waals surface area contributed by atoms with E-state index in [0.717, 1.165) is 25.2 Å². The molecule has 5 rings (SSSR count). The first-order chi connectivity index (χ1) is 16.1. The van der Waals surface area contributed by atoms with Gasteiger partial charge in [0.2, 0.25) is 5.91 Å². The Balaban J connectivity index is 1.32. The van der Waals surface area contributed by atoms with Crippen LogP contribution >= 0.6 is 0 Å². The minimum absolute atomic E-state index is 0.0112. The van der Waals surface area contributed by atoms with E-state index in [-0.39, 0.29) is 17.7 Å². The van der Waals surface area contributed by atoms with Crippen LogP contribution in [0, 0.1) is 11.8 Å². The monoisotopic (exact) mass is 446 g/mol. The number of hydrogen-bond donors (Lipinski definition) is 0. The molecule has 2 fully saturated rings. The van der Waals surface area contributed by atoms with Gasteiger partial charge in [0.15, 0.2) is 5.76 Å². The highest BCUT2D eigenvalue weighted by Crippen LogP contribution is 2.27. The number of aromatic nitrogens is 2. The van der Waals surface area contributed by atoms with Crippen LogP contribution in [0.25, 0.3) is 17.1 Å². The highest BCUT2D eigenvalue weighted by atomic mass is 16.3. The van der Waals surface area contributed by atoms with Crippen LogP contribution in [0.5, 0.6) is 0 Å². The number of rotatable bonds is 4. The number of benzene rings is 1. The van der Waals surface area contributed by atoms with Crippen molar-refractivity contribution in [3.63, 3.8) is 0 Å². The van der Waals surface area contributed by atoms with Gasteiger partial charge in [0.1, 0.15) is 11.4 Å². The maximum atomic E-state index is 13.5. The fourth-order valence-electron chi connectivity index (χ4n) is 4.98. The number of likely N-dealkylation sites (tertiary alicyclic amines) is 2. The molecule has 172 valence electrons. The second-order valence-electron chi connectivity index (χ2n) is 9.24. The Morgan fingerprint density at radius 3 is 2.45 bits per heavy atom. The van der Waals surface area contributed by atoms with Gasteiger partial charge in [0, 0.05) is 38.2 Å². The molecule has 2 aromatic heterocycles. The lowest BCUT2D eigenvalue weighted by Gasteiger charge is -2.37. The van der Waals surface area contributed by atoms with E-state index in [4.69, 9.17) is 4.42 Å². The summed E-state index contributed by atoms with van der Waals surface area (Å²) >= 11 is 0. The van der Waals surface area contributed by atoms with Crippen LogP contribution in [0.3, 0.4) is 0 Å². The van der Waals surface area contributed by atoms with Crippen LogP contribution in [-0.2, 0) is 4.79 Å². The van der Waals surface area contributed by atoms with Crippen molar-refractivity contribution >= 4 is 11.8 Å². The maximum absolute atomic E-state index is 13.5. The van der Waals surface area contributed by atoms with Crippen molar-refractivity contribution in [2.24, 2.45) is 11.8 Å². The number of nitrogens with zero attached hydrogens (tertiary/aromatic N) is 4. The Hall–Kier alpha value is -3.35. The normalized spacial score (nSPS) is 19.6. The lowest BCUT2D eigenvalue weighted by Crippen LogP contribution is -2.47. The molecule has 2 amide bonds. The minimum Gasteiger partial charge on any atom is -0.463 e. The first kappa shape index (κ1) is 21.5. The van der Waals surface area contributed by atoms with Gasteiger partial charge in [-0.1, -0.05) is 25.1 Å². The van der Waals surface area contributed by atoms with Crippen molar-refractivity contribution in [1.82, 2.24) is 19.6 Å². The van der Waals surface area contributed by atoms with E-state index in [1.165, 1.54) is 6.42 Å². The fourth-order valence-corrected chi connectivity index (χ4v) is 4.98. The topological polar surface area (TPSA) is 71.6 Å². The van der Waals surface area contributed by atoms with Crippen molar-refractivity contribution in [2.45, 2.75) is 32.6 Å². The molecule has 0 aliphatic carbocycles. The van der Waals surface area contributed by atoms with Crippen molar-refractivity contribution in [3.05, 3.63) is 60.5 Å². The van der Waals surface area contributed by atoms with Crippen LogP contribution in [0.15, 0.2) is 59.2 Å². The first-order valence-electron chi connectivity index (χ1n) is 11.9. The van der Waals surface area contributed by atoms with E-state index < -0.39 is 0 Å². The summed E-state index contributed by atoms with van der Waals surface area (Å²) in [6.45, 7) is 5.11. The largest absolute Gasteiger partial charge is 0.463 e. The SMILES string of the molecule is C[C@@H]1CCCN(C(=O)C2CCN(C(=O)c3cc(-c4ccco4)nn3-c3ccccc3)CC2)C1. The average molecular weight is 447 g/mol. The molecule has 7 nitrogen and oxygen atoms in total. The van der Waals surface area contributed by atoms with E-state index in [1.807, 2.05) is 52.3 Å². The molecule has 0 radical (unpaired) electrons. The van der Waals surface area contributed by atoms with Gasteiger partial charge in [-0.25, -0.2) is 4.68 Å².